The van der Waals surface area contributed by atoms with Crippen molar-refractivity contribution in [2.24, 2.45) is 5.10 Å². The van der Waals surface area contributed by atoms with Gasteiger partial charge in [-0.1, -0.05) is 11.6 Å². The van der Waals surface area contributed by atoms with Crippen LogP contribution in [0.25, 0.3) is 10.1 Å². The standard InChI is InChI=1S/C26H21ClN2O5S/c1-3-33-18-10-6-17(7-11-18)25(30)29-28-15-16-4-8-19(9-5-16)34-26(31)24-23(27)21-13-12-20(32-2)14-22(21)35-24/h4-15H,3H2,1-2H3,(H,29,30). The molecule has 0 aliphatic rings. The Bertz CT molecular complexity index is 1380. The van der Waals surface area contributed by atoms with E-state index in [0.717, 1.165) is 10.1 Å². The average Bonchev–Trinajstić information content (AvgIpc) is 3.21. The van der Waals surface area contributed by atoms with Gasteiger partial charge in [0.2, 0.25) is 0 Å². The van der Waals surface area contributed by atoms with E-state index < -0.39 is 5.97 Å². The molecule has 0 atom stereocenters. The van der Waals surface area contributed by atoms with E-state index >= 15 is 0 Å². The predicted octanol–water partition coefficient (Wildman–Crippen LogP) is 5.95. The lowest BCUT2D eigenvalue weighted by atomic mass is 10.2. The van der Waals surface area contributed by atoms with Crippen LogP contribution in [0.15, 0.2) is 71.8 Å². The zero-order valence-electron chi connectivity index (χ0n) is 18.9. The quantitative estimate of drug-likeness (QED) is 0.138. The summed E-state index contributed by atoms with van der Waals surface area (Å²) in [6, 6.07) is 18.9. The number of benzene rings is 3. The monoisotopic (exact) mass is 508 g/mol. The highest BCUT2D eigenvalue weighted by atomic mass is 35.5. The van der Waals surface area contributed by atoms with Crippen molar-refractivity contribution in [2.45, 2.75) is 6.92 Å². The lowest BCUT2D eigenvalue weighted by Crippen LogP contribution is -2.17. The molecule has 9 heteroatoms. The van der Waals surface area contributed by atoms with Crippen LogP contribution in [-0.4, -0.2) is 31.8 Å². The molecule has 0 spiro atoms. The van der Waals surface area contributed by atoms with Crippen molar-refractivity contribution in [1.29, 1.82) is 0 Å². The van der Waals surface area contributed by atoms with Gasteiger partial charge in [0.05, 0.1) is 25.0 Å². The summed E-state index contributed by atoms with van der Waals surface area (Å²) < 4.78 is 16.9. The first kappa shape index (κ1) is 24.3. The minimum absolute atomic E-state index is 0.317. The van der Waals surface area contributed by atoms with Crippen molar-refractivity contribution in [3.05, 3.63) is 87.8 Å². The molecule has 0 unspecified atom stereocenters. The number of rotatable bonds is 8. The molecule has 1 amide bonds. The number of hydrazone groups is 1. The fourth-order valence-corrected chi connectivity index (χ4v) is 4.59. The number of carbonyl (C=O) groups excluding carboxylic acids is 2. The Balaban J connectivity index is 1.36. The molecule has 1 aromatic heterocycles. The van der Waals surface area contributed by atoms with E-state index in [1.54, 1.807) is 61.7 Å². The Kier molecular flexibility index (Phi) is 7.64. The van der Waals surface area contributed by atoms with Gasteiger partial charge in [0.25, 0.3) is 5.91 Å². The number of nitrogens with zero attached hydrogens (tertiary/aromatic N) is 1. The van der Waals surface area contributed by atoms with E-state index in [-0.39, 0.29) is 5.91 Å². The molecule has 0 aliphatic carbocycles. The Morgan fingerprint density at radius 3 is 2.37 bits per heavy atom. The third kappa shape index (κ3) is 5.79. The summed E-state index contributed by atoms with van der Waals surface area (Å²) in [4.78, 5) is 25.2. The summed E-state index contributed by atoms with van der Waals surface area (Å²) in [5, 5.41) is 5.09. The number of fused-ring (bicyclic) bond motifs is 1. The first-order valence-corrected chi connectivity index (χ1v) is 11.8. The number of thiophene rings is 1. The normalized spacial score (nSPS) is 10.9. The van der Waals surface area contributed by atoms with Crippen LogP contribution >= 0.6 is 22.9 Å². The third-order valence-corrected chi connectivity index (χ3v) is 6.56. The third-order valence-electron chi connectivity index (χ3n) is 4.92. The van der Waals surface area contributed by atoms with Gasteiger partial charge in [-0.15, -0.1) is 11.3 Å². The lowest BCUT2D eigenvalue weighted by Gasteiger charge is -2.04. The molecule has 0 fully saturated rings. The Hall–Kier alpha value is -3.88. The average molecular weight is 509 g/mol. The SMILES string of the molecule is CCOc1ccc(C(=O)NN=Cc2ccc(OC(=O)c3sc4cc(OC)ccc4c3Cl)cc2)cc1. The molecule has 0 saturated heterocycles. The number of hydrogen-bond acceptors (Lipinski definition) is 7. The van der Waals surface area contributed by atoms with E-state index in [2.05, 4.69) is 10.5 Å². The number of nitrogens with one attached hydrogen (secondary N) is 1. The summed E-state index contributed by atoms with van der Waals surface area (Å²) in [5.74, 6) is 0.856. The Morgan fingerprint density at radius 1 is 1.00 bits per heavy atom. The number of carbonyl (C=O) groups is 2. The molecule has 3 aromatic carbocycles. The summed E-state index contributed by atoms with van der Waals surface area (Å²) in [5.41, 5.74) is 3.65. The smallest absolute Gasteiger partial charge is 0.355 e. The van der Waals surface area contributed by atoms with Crippen molar-refractivity contribution < 1.29 is 23.8 Å². The summed E-state index contributed by atoms with van der Waals surface area (Å²) in [7, 11) is 1.58. The van der Waals surface area contributed by atoms with Crippen LogP contribution in [0.1, 0.15) is 32.5 Å². The molecule has 0 radical (unpaired) electrons. The van der Waals surface area contributed by atoms with Gasteiger partial charge in [0, 0.05) is 15.6 Å². The van der Waals surface area contributed by atoms with Gasteiger partial charge in [-0.05, 0) is 79.2 Å². The van der Waals surface area contributed by atoms with Gasteiger partial charge in [-0.3, -0.25) is 4.79 Å². The van der Waals surface area contributed by atoms with Gasteiger partial charge in [0.1, 0.15) is 22.1 Å². The van der Waals surface area contributed by atoms with E-state index in [0.29, 0.717) is 44.9 Å². The molecular weight excluding hydrogens is 488 g/mol. The van der Waals surface area contributed by atoms with Gasteiger partial charge < -0.3 is 14.2 Å². The maximum atomic E-state index is 12.7. The van der Waals surface area contributed by atoms with Crippen molar-refractivity contribution in [3.8, 4) is 17.2 Å². The fraction of sp³-hybridized carbons (Fsp3) is 0.115. The summed E-state index contributed by atoms with van der Waals surface area (Å²) in [6.07, 6.45) is 1.49. The maximum Gasteiger partial charge on any atom is 0.355 e. The topological polar surface area (TPSA) is 86.2 Å². The zero-order valence-corrected chi connectivity index (χ0v) is 20.5. The van der Waals surface area contributed by atoms with Crippen LogP contribution in [0, 0.1) is 0 Å². The van der Waals surface area contributed by atoms with Crippen LogP contribution < -0.4 is 19.6 Å². The molecule has 4 rings (SSSR count). The highest BCUT2D eigenvalue weighted by molar-refractivity contribution is 7.21. The van der Waals surface area contributed by atoms with E-state index in [1.165, 1.54) is 17.6 Å². The second-order valence-corrected chi connectivity index (χ2v) is 8.65. The van der Waals surface area contributed by atoms with Crippen molar-refractivity contribution in [2.75, 3.05) is 13.7 Å². The van der Waals surface area contributed by atoms with Gasteiger partial charge in [-0.25, -0.2) is 10.2 Å². The zero-order chi connectivity index (χ0) is 24.8. The van der Waals surface area contributed by atoms with Crippen LogP contribution in [0.3, 0.4) is 0 Å². The number of esters is 1. The second kappa shape index (κ2) is 11.0. The number of hydrogen-bond donors (Lipinski definition) is 1. The van der Waals surface area contributed by atoms with Gasteiger partial charge in [0.15, 0.2) is 0 Å². The first-order chi connectivity index (χ1) is 17.0. The van der Waals surface area contributed by atoms with Gasteiger partial charge >= 0.3 is 5.97 Å². The number of ether oxygens (including phenoxy) is 3. The molecular formula is C26H21ClN2O5S. The van der Waals surface area contributed by atoms with Crippen molar-refractivity contribution in [3.63, 3.8) is 0 Å². The Labute approximate surface area is 210 Å². The van der Waals surface area contributed by atoms with Crippen LogP contribution in [-0.2, 0) is 0 Å². The van der Waals surface area contributed by atoms with Gasteiger partial charge in [-0.2, -0.15) is 5.10 Å². The largest absolute Gasteiger partial charge is 0.497 e. The number of halogens is 1. The second-order valence-electron chi connectivity index (χ2n) is 7.22. The molecule has 4 aromatic rings. The van der Waals surface area contributed by atoms with E-state index in [4.69, 9.17) is 25.8 Å². The molecule has 1 N–H and O–H groups in total. The Morgan fingerprint density at radius 2 is 1.69 bits per heavy atom. The highest BCUT2D eigenvalue weighted by Crippen LogP contribution is 2.37. The molecule has 0 bridgehead atoms. The predicted molar refractivity (Wildman–Crippen MR) is 137 cm³/mol. The molecule has 0 aliphatic heterocycles. The first-order valence-electron chi connectivity index (χ1n) is 10.6. The minimum atomic E-state index is -0.542. The van der Waals surface area contributed by atoms with Crippen LogP contribution in [0.2, 0.25) is 5.02 Å². The minimum Gasteiger partial charge on any atom is -0.497 e. The van der Waals surface area contributed by atoms with Crippen molar-refractivity contribution in [1.82, 2.24) is 5.43 Å². The van der Waals surface area contributed by atoms with E-state index in [9.17, 15) is 9.59 Å². The molecule has 1 heterocycles. The van der Waals surface area contributed by atoms with E-state index in [1.807, 2.05) is 19.1 Å². The summed E-state index contributed by atoms with van der Waals surface area (Å²) >= 11 is 7.64. The highest BCUT2D eigenvalue weighted by Gasteiger charge is 2.19. The van der Waals surface area contributed by atoms with Crippen molar-refractivity contribution >= 4 is 51.1 Å². The van der Waals surface area contributed by atoms with Crippen LogP contribution in [0.4, 0.5) is 0 Å². The summed E-state index contributed by atoms with van der Waals surface area (Å²) in [6.45, 7) is 2.45. The molecule has 178 valence electrons. The molecule has 0 saturated carbocycles. The molecule has 35 heavy (non-hydrogen) atoms. The number of amides is 1. The molecule has 7 nitrogen and oxygen atoms in total. The maximum absolute atomic E-state index is 12.7. The fourth-order valence-electron chi connectivity index (χ4n) is 3.18. The van der Waals surface area contributed by atoms with Crippen LogP contribution in [0.5, 0.6) is 17.2 Å². The number of methoxy groups -OCH3 is 1. The lowest BCUT2D eigenvalue weighted by molar-refractivity contribution is 0.0739.